The summed E-state index contributed by atoms with van der Waals surface area (Å²) in [5, 5.41) is 3.07. The Morgan fingerprint density at radius 1 is 1.25 bits per heavy atom. The fourth-order valence-corrected chi connectivity index (χ4v) is 2.71. The van der Waals surface area contributed by atoms with Crippen molar-refractivity contribution in [2.75, 3.05) is 51.8 Å². The highest BCUT2D eigenvalue weighted by Crippen LogP contribution is 2.22. The fourth-order valence-electron chi connectivity index (χ4n) is 2.71. The lowest BCUT2D eigenvalue weighted by Crippen LogP contribution is -2.37. The Morgan fingerprint density at radius 2 is 1.92 bits per heavy atom. The molecule has 1 fully saturated rings. The van der Waals surface area contributed by atoms with Crippen LogP contribution in [0.4, 0.5) is 5.69 Å². The number of carbonyl (C=O) groups excluding carboxylic acids is 1. The van der Waals surface area contributed by atoms with Gasteiger partial charge in [-0.05, 0) is 31.6 Å². The van der Waals surface area contributed by atoms with Crippen LogP contribution in [0.3, 0.4) is 0 Å². The summed E-state index contributed by atoms with van der Waals surface area (Å²) in [5.74, 6) is 0.201. The molecule has 138 valence electrons. The van der Waals surface area contributed by atoms with Gasteiger partial charge in [0.05, 0.1) is 13.2 Å². The van der Waals surface area contributed by atoms with E-state index < -0.39 is 0 Å². The van der Waals surface area contributed by atoms with Gasteiger partial charge in [-0.1, -0.05) is 18.2 Å². The summed E-state index contributed by atoms with van der Waals surface area (Å²) >= 11 is 0. The van der Waals surface area contributed by atoms with Crippen molar-refractivity contribution in [1.82, 2.24) is 10.2 Å². The number of nitrogens with one attached hydrogen (secondary N) is 1. The Bertz CT molecular complexity index is 483. The Kier molecular flexibility index (Phi) is 11.8. The Hall–Kier alpha value is -1.01. The lowest BCUT2D eigenvalue weighted by molar-refractivity contribution is -0.130. The van der Waals surface area contributed by atoms with E-state index in [0.717, 1.165) is 39.3 Å². The number of benzene rings is 1. The molecule has 0 unspecified atom stereocenters. The molecule has 1 amide bonds. The van der Waals surface area contributed by atoms with Gasteiger partial charge in [-0.15, -0.1) is 24.8 Å². The predicted molar refractivity (Wildman–Crippen MR) is 104 cm³/mol. The van der Waals surface area contributed by atoms with Gasteiger partial charge in [-0.3, -0.25) is 4.79 Å². The third kappa shape index (κ3) is 6.85. The molecule has 1 heterocycles. The minimum Gasteiger partial charge on any atom is -0.378 e. The highest BCUT2D eigenvalue weighted by molar-refractivity contribution is 5.85. The van der Waals surface area contributed by atoms with Crippen LogP contribution in [0.15, 0.2) is 24.3 Å². The van der Waals surface area contributed by atoms with Crippen LogP contribution in [0.5, 0.6) is 0 Å². The minimum atomic E-state index is 0. The predicted octanol–water partition coefficient (Wildman–Crippen LogP) is 2.32. The third-order valence-electron chi connectivity index (χ3n) is 3.99. The van der Waals surface area contributed by atoms with Gasteiger partial charge in [-0.25, -0.2) is 0 Å². The molecule has 5 nitrogen and oxygen atoms in total. The number of anilines is 1. The summed E-state index contributed by atoms with van der Waals surface area (Å²) < 4.78 is 5.42. The van der Waals surface area contributed by atoms with Crippen molar-refractivity contribution in [2.24, 2.45) is 0 Å². The van der Waals surface area contributed by atoms with Gasteiger partial charge in [0, 0.05) is 38.8 Å². The summed E-state index contributed by atoms with van der Waals surface area (Å²) in [7, 11) is 3.80. The van der Waals surface area contributed by atoms with Gasteiger partial charge < -0.3 is 19.9 Å². The molecule has 0 aliphatic carbocycles. The zero-order valence-corrected chi connectivity index (χ0v) is 16.1. The molecule has 0 radical (unpaired) electrons. The summed E-state index contributed by atoms with van der Waals surface area (Å²) in [6.07, 6.45) is 1.47. The second-order valence-corrected chi connectivity index (χ2v) is 5.69. The zero-order chi connectivity index (χ0) is 15.8. The second-order valence-electron chi connectivity index (χ2n) is 5.69. The first kappa shape index (κ1) is 23.0. The molecule has 0 saturated carbocycles. The molecule has 24 heavy (non-hydrogen) atoms. The average Bonchev–Trinajstić information content (AvgIpc) is 2.56. The van der Waals surface area contributed by atoms with E-state index in [1.807, 2.05) is 25.1 Å². The van der Waals surface area contributed by atoms with E-state index in [-0.39, 0.29) is 30.7 Å². The van der Waals surface area contributed by atoms with E-state index in [9.17, 15) is 4.79 Å². The second kappa shape index (κ2) is 12.4. The van der Waals surface area contributed by atoms with E-state index in [2.05, 4.69) is 28.4 Å². The molecular formula is C17H29Cl2N3O2. The number of nitrogens with zero attached hydrogens (tertiary/aromatic N) is 2. The molecule has 2 rings (SSSR count). The van der Waals surface area contributed by atoms with E-state index in [1.165, 1.54) is 11.3 Å². The van der Waals surface area contributed by atoms with Crippen LogP contribution in [0.25, 0.3) is 0 Å². The largest absolute Gasteiger partial charge is 0.378 e. The van der Waals surface area contributed by atoms with E-state index in [0.29, 0.717) is 13.0 Å². The molecule has 0 aromatic heterocycles. The van der Waals surface area contributed by atoms with E-state index in [4.69, 9.17) is 4.74 Å². The Morgan fingerprint density at radius 3 is 2.58 bits per heavy atom. The van der Waals surface area contributed by atoms with Crippen LogP contribution in [-0.4, -0.2) is 57.8 Å². The van der Waals surface area contributed by atoms with Crippen molar-refractivity contribution in [3.63, 3.8) is 0 Å². The first-order valence-electron chi connectivity index (χ1n) is 8.01. The topological polar surface area (TPSA) is 44.8 Å². The number of hydrogen-bond donors (Lipinski definition) is 1. The molecule has 1 aliphatic heterocycles. The third-order valence-corrected chi connectivity index (χ3v) is 3.99. The maximum absolute atomic E-state index is 12.2. The van der Waals surface area contributed by atoms with Crippen molar-refractivity contribution >= 4 is 36.4 Å². The molecule has 7 heteroatoms. The number of para-hydroxylation sites is 1. The van der Waals surface area contributed by atoms with Gasteiger partial charge in [-0.2, -0.15) is 0 Å². The number of hydrogen-bond acceptors (Lipinski definition) is 4. The number of carbonyl (C=O) groups is 1. The summed E-state index contributed by atoms with van der Waals surface area (Å²) in [6.45, 7) is 4.91. The monoisotopic (exact) mass is 377 g/mol. The standard InChI is InChI=1S/C17H27N3O2.2ClH/c1-18-9-5-8-17(21)19(2)14-15-6-3-4-7-16(15)20-10-12-22-13-11-20;;/h3-4,6-7,18H,5,8-14H2,1-2H3;2*1H. The quantitative estimate of drug-likeness (QED) is 0.740. The summed E-state index contributed by atoms with van der Waals surface area (Å²) in [6, 6.07) is 8.35. The molecule has 0 bridgehead atoms. The molecule has 1 aromatic rings. The van der Waals surface area contributed by atoms with Gasteiger partial charge in [0.25, 0.3) is 0 Å². The normalized spacial score (nSPS) is 13.7. The Balaban J connectivity index is 0.00000264. The maximum Gasteiger partial charge on any atom is 0.222 e. The molecule has 1 N–H and O–H groups in total. The van der Waals surface area contributed by atoms with Crippen molar-refractivity contribution in [1.29, 1.82) is 0 Å². The number of morpholine rings is 1. The van der Waals surface area contributed by atoms with Gasteiger partial charge in [0.1, 0.15) is 0 Å². The summed E-state index contributed by atoms with van der Waals surface area (Å²) in [4.78, 5) is 16.3. The van der Waals surface area contributed by atoms with Crippen molar-refractivity contribution < 1.29 is 9.53 Å². The van der Waals surface area contributed by atoms with Crippen molar-refractivity contribution in [3.05, 3.63) is 29.8 Å². The molecule has 1 saturated heterocycles. The van der Waals surface area contributed by atoms with Gasteiger partial charge in [0.15, 0.2) is 0 Å². The highest BCUT2D eigenvalue weighted by atomic mass is 35.5. The van der Waals surface area contributed by atoms with Gasteiger partial charge >= 0.3 is 0 Å². The average molecular weight is 378 g/mol. The first-order chi connectivity index (χ1) is 10.7. The maximum atomic E-state index is 12.2. The van der Waals surface area contributed by atoms with Crippen molar-refractivity contribution in [2.45, 2.75) is 19.4 Å². The molecule has 0 spiro atoms. The van der Waals surface area contributed by atoms with E-state index >= 15 is 0 Å². The van der Waals surface area contributed by atoms with Crippen LogP contribution in [0.2, 0.25) is 0 Å². The minimum absolute atomic E-state index is 0. The zero-order valence-electron chi connectivity index (χ0n) is 14.5. The number of amides is 1. The number of halogens is 2. The fraction of sp³-hybridized carbons (Fsp3) is 0.588. The molecular weight excluding hydrogens is 349 g/mol. The first-order valence-corrected chi connectivity index (χ1v) is 8.01. The highest BCUT2D eigenvalue weighted by Gasteiger charge is 2.16. The van der Waals surface area contributed by atoms with E-state index in [1.54, 1.807) is 0 Å². The van der Waals surface area contributed by atoms with Crippen LogP contribution in [0.1, 0.15) is 18.4 Å². The van der Waals surface area contributed by atoms with Gasteiger partial charge in [0.2, 0.25) is 5.91 Å². The number of rotatable bonds is 7. The number of ether oxygens (including phenoxy) is 1. The lowest BCUT2D eigenvalue weighted by atomic mass is 10.1. The smallest absolute Gasteiger partial charge is 0.222 e. The Labute approximate surface area is 157 Å². The molecule has 0 atom stereocenters. The van der Waals surface area contributed by atoms with Crippen LogP contribution < -0.4 is 10.2 Å². The van der Waals surface area contributed by atoms with Crippen LogP contribution in [0, 0.1) is 0 Å². The molecule has 1 aromatic carbocycles. The van der Waals surface area contributed by atoms with Crippen molar-refractivity contribution in [3.8, 4) is 0 Å². The molecule has 1 aliphatic rings. The summed E-state index contributed by atoms with van der Waals surface area (Å²) in [5.41, 5.74) is 2.43. The van der Waals surface area contributed by atoms with Crippen LogP contribution in [-0.2, 0) is 16.1 Å². The SMILES string of the molecule is CNCCCC(=O)N(C)Cc1ccccc1N1CCOCC1.Cl.Cl. The van der Waals surface area contributed by atoms with Crippen LogP contribution >= 0.6 is 24.8 Å². The lowest BCUT2D eigenvalue weighted by Gasteiger charge is -2.31.